The monoisotopic (exact) mass is 278 g/mol. The Bertz CT molecular complexity index is 540. The molecular weight excluding hydrogens is 263 g/mol. The Morgan fingerprint density at radius 1 is 1.15 bits per heavy atom. The first-order valence-corrected chi connectivity index (χ1v) is 5.96. The third-order valence-corrected chi connectivity index (χ3v) is 2.54. The number of halogens is 1. The predicted molar refractivity (Wildman–Crippen MR) is 72.8 cm³/mol. The minimum Gasteiger partial charge on any atom is -0.467 e. The molecule has 0 saturated heterocycles. The molecule has 0 saturated carbocycles. The predicted octanol–water partition coefficient (Wildman–Crippen LogP) is 0.959. The topological polar surface area (TPSA) is 98.0 Å². The van der Waals surface area contributed by atoms with Gasteiger partial charge in [-0.05, 0) is 24.1 Å². The summed E-state index contributed by atoms with van der Waals surface area (Å²) in [5.41, 5.74) is 3.34. The Morgan fingerprint density at radius 3 is 2.50 bits per heavy atom. The highest BCUT2D eigenvalue weighted by atomic mass is 19.1. The van der Waals surface area contributed by atoms with Crippen LogP contribution in [0.3, 0.4) is 0 Å². The number of nitrogens with zero attached hydrogens (tertiary/aromatic N) is 3. The van der Waals surface area contributed by atoms with Crippen molar-refractivity contribution < 1.29 is 9.13 Å². The highest BCUT2D eigenvalue weighted by Gasteiger charge is 2.05. The number of rotatable bonds is 6. The molecule has 8 heteroatoms. The molecular formula is C12H15FN6O. The van der Waals surface area contributed by atoms with Crippen LogP contribution in [0.15, 0.2) is 24.3 Å². The molecule has 2 rings (SSSR count). The van der Waals surface area contributed by atoms with Crippen LogP contribution in [0.5, 0.6) is 6.01 Å². The molecule has 4 N–H and O–H groups in total. The highest BCUT2D eigenvalue weighted by molar-refractivity contribution is 5.35. The summed E-state index contributed by atoms with van der Waals surface area (Å²) in [7, 11) is 1.46. The fourth-order valence-electron chi connectivity index (χ4n) is 1.56. The summed E-state index contributed by atoms with van der Waals surface area (Å²) in [6.45, 7) is 0.586. The van der Waals surface area contributed by atoms with Gasteiger partial charge in [0.1, 0.15) is 5.82 Å². The molecule has 0 unspecified atom stereocenters. The molecule has 0 aliphatic heterocycles. The summed E-state index contributed by atoms with van der Waals surface area (Å²) < 4.78 is 17.7. The van der Waals surface area contributed by atoms with E-state index >= 15 is 0 Å². The number of nitrogens with two attached hydrogens (primary N) is 1. The molecule has 0 amide bonds. The van der Waals surface area contributed by atoms with E-state index in [9.17, 15) is 4.39 Å². The van der Waals surface area contributed by atoms with E-state index in [1.165, 1.54) is 19.2 Å². The van der Waals surface area contributed by atoms with E-state index in [0.717, 1.165) is 5.56 Å². The Labute approximate surface area is 115 Å². The van der Waals surface area contributed by atoms with Crippen molar-refractivity contribution in [3.63, 3.8) is 0 Å². The van der Waals surface area contributed by atoms with E-state index in [4.69, 9.17) is 10.6 Å². The van der Waals surface area contributed by atoms with Gasteiger partial charge in [-0.1, -0.05) is 12.1 Å². The van der Waals surface area contributed by atoms with Crippen molar-refractivity contribution in [2.45, 2.75) is 6.42 Å². The van der Waals surface area contributed by atoms with Gasteiger partial charge in [-0.2, -0.15) is 15.0 Å². The second-order valence-corrected chi connectivity index (χ2v) is 3.92. The van der Waals surface area contributed by atoms with Crippen molar-refractivity contribution in [2.75, 3.05) is 24.4 Å². The maximum atomic E-state index is 12.8. The lowest BCUT2D eigenvalue weighted by molar-refractivity contribution is 0.379. The van der Waals surface area contributed by atoms with Gasteiger partial charge in [-0.15, -0.1) is 0 Å². The number of ether oxygens (including phenoxy) is 1. The van der Waals surface area contributed by atoms with E-state index in [1.807, 2.05) is 0 Å². The third kappa shape index (κ3) is 3.75. The summed E-state index contributed by atoms with van der Waals surface area (Å²) in [5.74, 6) is 5.57. The molecule has 2 aromatic rings. The Balaban J connectivity index is 1.94. The van der Waals surface area contributed by atoms with Crippen LogP contribution in [0, 0.1) is 5.82 Å². The maximum absolute atomic E-state index is 12.8. The molecule has 0 aliphatic rings. The smallest absolute Gasteiger partial charge is 0.322 e. The van der Waals surface area contributed by atoms with E-state index in [0.29, 0.717) is 18.9 Å². The molecule has 0 radical (unpaired) electrons. The number of benzene rings is 1. The quantitative estimate of drug-likeness (QED) is 0.534. The third-order valence-electron chi connectivity index (χ3n) is 2.54. The lowest BCUT2D eigenvalue weighted by Crippen LogP contribution is -2.15. The SMILES string of the molecule is COc1nc(NN)nc(NCCc2ccc(F)cc2)n1. The van der Waals surface area contributed by atoms with Gasteiger partial charge in [0, 0.05) is 6.54 Å². The number of hydrazine groups is 1. The Morgan fingerprint density at radius 2 is 1.85 bits per heavy atom. The van der Waals surface area contributed by atoms with Crippen LogP contribution in [-0.4, -0.2) is 28.6 Å². The van der Waals surface area contributed by atoms with Gasteiger partial charge >= 0.3 is 6.01 Å². The lowest BCUT2D eigenvalue weighted by atomic mass is 10.1. The van der Waals surface area contributed by atoms with Crippen LogP contribution >= 0.6 is 0 Å². The lowest BCUT2D eigenvalue weighted by Gasteiger charge is -2.07. The average Bonchev–Trinajstić information content (AvgIpc) is 2.49. The molecule has 0 fully saturated rings. The van der Waals surface area contributed by atoms with Gasteiger partial charge in [0.25, 0.3) is 0 Å². The van der Waals surface area contributed by atoms with E-state index in [-0.39, 0.29) is 17.8 Å². The molecule has 20 heavy (non-hydrogen) atoms. The number of nitrogens with one attached hydrogen (secondary N) is 2. The minimum absolute atomic E-state index is 0.164. The molecule has 0 spiro atoms. The summed E-state index contributed by atoms with van der Waals surface area (Å²) in [6.07, 6.45) is 0.708. The molecule has 1 heterocycles. The van der Waals surface area contributed by atoms with Crippen molar-refractivity contribution in [2.24, 2.45) is 5.84 Å². The Hall–Kier alpha value is -2.48. The zero-order chi connectivity index (χ0) is 14.4. The van der Waals surface area contributed by atoms with Crippen LogP contribution in [-0.2, 0) is 6.42 Å². The number of aromatic nitrogens is 3. The van der Waals surface area contributed by atoms with Gasteiger partial charge < -0.3 is 10.1 Å². The number of hydrogen-bond donors (Lipinski definition) is 3. The average molecular weight is 278 g/mol. The number of hydrogen-bond acceptors (Lipinski definition) is 7. The van der Waals surface area contributed by atoms with Crippen molar-refractivity contribution in [1.82, 2.24) is 15.0 Å². The Kier molecular flexibility index (Phi) is 4.61. The summed E-state index contributed by atoms with van der Waals surface area (Å²) in [4.78, 5) is 12.0. The van der Waals surface area contributed by atoms with E-state index in [2.05, 4.69) is 25.7 Å². The minimum atomic E-state index is -0.248. The van der Waals surface area contributed by atoms with E-state index < -0.39 is 0 Å². The van der Waals surface area contributed by atoms with Crippen molar-refractivity contribution in [1.29, 1.82) is 0 Å². The molecule has 7 nitrogen and oxygen atoms in total. The van der Waals surface area contributed by atoms with Gasteiger partial charge in [-0.25, -0.2) is 10.2 Å². The maximum Gasteiger partial charge on any atom is 0.322 e. The van der Waals surface area contributed by atoms with Crippen molar-refractivity contribution >= 4 is 11.9 Å². The molecule has 1 aromatic heterocycles. The first-order valence-electron chi connectivity index (χ1n) is 5.96. The van der Waals surface area contributed by atoms with Gasteiger partial charge in [-0.3, -0.25) is 5.43 Å². The van der Waals surface area contributed by atoms with Crippen LogP contribution < -0.4 is 21.3 Å². The van der Waals surface area contributed by atoms with Crippen molar-refractivity contribution in [3.8, 4) is 6.01 Å². The summed E-state index contributed by atoms with van der Waals surface area (Å²) in [6, 6.07) is 6.49. The van der Waals surface area contributed by atoms with Crippen LogP contribution in [0.4, 0.5) is 16.3 Å². The van der Waals surface area contributed by atoms with Gasteiger partial charge in [0.15, 0.2) is 0 Å². The van der Waals surface area contributed by atoms with Crippen molar-refractivity contribution in [3.05, 3.63) is 35.6 Å². The second kappa shape index (κ2) is 6.62. The highest BCUT2D eigenvalue weighted by Crippen LogP contribution is 2.10. The number of nitrogen functional groups attached to an aromatic ring is 1. The molecule has 106 valence electrons. The second-order valence-electron chi connectivity index (χ2n) is 3.92. The standard InChI is InChI=1S/C12H15FN6O/c1-20-12-17-10(16-11(18-12)19-14)15-7-6-8-2-4-9(13)5-3-8/h2-5H,6-7,14H2,1H3,(H2,15,16,17,18,19). The normalized spacial score (nSPS) is 10.2. The summed E-state index contributed by atoms with van der Waals surface area (Å²) >= 11 is 0. The molecule has 0 atom stereocenters. The fraction of sp³-hybridized carbons (Fsp3) is 0.250. The fourth-order valence-corrected chi connectivity index (χ4v) is 1.56. The number of methoxy groups -OCH3 is 1. The van der Waals surface area contributed by atoms with Gasteiger partial charge in [0.05, 0.1) is 7.11 Å². The first kappa shape index (κ1) is 13.9. The zero-order valence-electron chi connectivity index (χ0n) is 10.9. The summed E-state index contributed by atoms with van der Waals surface area (Å²) in [5, 5.41) is 3.03. The van der Waals surface area contributed by atoms with Crippen LogP contribution in [0.2, 0.25) is 0 Å². The molecule has 0 bridgehead atoms. The van der Waals surface area contributed by atoms with Crippen LogP contribution in [0.1, 0.15) is 5.56 Å². The largest absolute Gasteiger partial charge is 0.467 e. The van der Waals surface area contributed by atoms with E-state index in [1.54, 1.807) is 12.1 Å². The molecule has 0 aliphatic carbocycles. The first-order chi connectivity index (χ1) is 9.71. The number of anilines is 2. The molecule has 1 aromatic carbocycles. The zero-order valence-corrected chi connectivity index (χ0v) is 10.9. The van der Waals surface area contributed by atoms with Gasteiger partial charge in [0.2, 0.25) is 11.9 Å². The van der Waals surface area contributed by atoms with Crippen LogP contribution in [0.25, 0.3) is 0 Å².